The van der Waals surface area contributed by atoms with E-state index in [0.717, 1.165) is 31.3 Å². The van der Waals surface area contributed by atoms with Gasteiger partial charge in [-0.1, -0.05) is 6.08 Å². The summed E-state index contributed by atoms with van der Waals surface area (Å²) >= 11 is 0. The van der Waals surface area contributed by atoms with E-state index in [1.54, 1.807) is 7.05 Å². The lowest BCUT2D eigenvalue weighted by Gasteiger charge is -2.12. The second kappa shape index (κ2) is 4.90. The summed E-state index contributed by atoms with van der Waals surface area (Å²) in [7, 11) is 1.62. The average molecular weight is 234 g/mol. The van der Waals surface area contributed by atoms with Crippen molar-refractivity contribution in [1.29, 1.82) is 0 Å². The molecule has 1 aliphatic rings. The van der Waals surface area contributed by atoms with Crippen LogP contribution in [0.3, 0.4) is 0 Å². The van der Waals surface area contributed by atoms with Gasteiger partial charge in [0.1, 0.15) is 12.0 Å². The molecule has 0 aliphatic heterocycles. The summed E-state index contributed by atoms with van der Waals surface area (Å²) in [6.07, 6.45) is 7.41. The van der Waals surface area contributed by atoms with Gasteiger partial charge in [-0.25, -0.2) is 9.97 Å². The van der Waals surface area contributed by atoms with Crippen LogP contribution < -0.4 is 5.32 Å². The van der Waals surface area contributed by atoms with Crippen molar-refractivity contribution in [2.24, 2.45) is 0 Å². The zero-order valence-corrected chi connectivity index (χ0v) is 9.64. The average Bonchev–Trinajstić information content (AvgIpc) is 2.38. The predicted octanol–water partition coefficient (Wildman–Crippen LogP) is 2.38. The molecule has 2 rings (SSSR count). The Labute approximate surface area is 98.9 Å². The Balaban J connectivity index is 2.52. The van der Waals surface area contributed by atoms with Crippen LogP contribution in [0.15, 0.2) is 12.4 Å². The summed E-state index contributed by atoms with van der Waals surface area (Å²) in [5.74, 6) is 0.270. The number of hydrogen-bond acceptors (Lipinski definition) is 5. The maximum Gasteiger partial charge on any atom is 0.337 e. The van der Waals surface area contributed by atoms with Crippen LogP contribution in [-0.2, 0) is 0 Å². The van der Waals surface area contributed by atoms with E-state index in [9.17, 15) is 10.1 Å². The van der Waals surface area contributed by atoms with E-state index in [0.29, 0.717) is 5.69 Å². The number of aromatic nitrogens is 2. The summed E-state index contributed by atoms with van der Waals surface area (Å²) in [5, 5.41) is 13.8. The van der Waals surface area contributed by atoms with Gasteiger partial charge >= 0.3 is 5.69 Å². The van der Waals surface area contributed by atoms with E-state index in [4.69, 9.17) is 0 Å². The van der Waals surface area contributed by atoms with Gasteiger partial charge in [0.05, 0.1) is 4.92 Å². The quantitative estimate of drug-likeness (QED) is 0.641. The number of nitrogens with one attached hydrogen (secondary N) is 1. The summed E-state index contributed by atoms with van der Waals surface area (Å²) < 4.78 is 0. The monoisotopic (exact) mass is 234 g/mol. The fraction of sp³-hybridized carbons (Fsp3) is 0.455. The lowest BCUT2D eigenvalue weighted by atomic mass is 9.96. The number of anilines is 1. The number of rotatable bonds is 3. The molecule has 6 heteroatoms. The Morgan fingerprint density at radius 3 is 2.82 bits per heavy atom. The summed E-state index contributed by atoms with van der Waals surface area (Å²) in [6, 6.07) is 0. The minimum absolute atomic E-state index is 0.0249. The number of allylic oxidation sites excluding steroid dienone is 2. The normalized spacial score (nSPS) is 15.2. The number of nitrogens with zero attached hydrogens (tertiary/aromatic N) is 3. The molecule has 0 fully saturated rings. The Hall–Kier alpha value is -1.98. The van der Waals surface area contributed by atoms with Gasteiger partial charge < -0.3 is 5.32 Å². The first-order chi connectivity index (χ1) is 8.24. The second-order valence-electron chi connectivity index (χ2n) is 3.90. The van der Waals surface area contributed by atoms with E-state index >= 15 is 0 Å². The van der Waals surface area contributed by atoms with E-state index in [1.807, 2.05) is 6.08 Å². The maximum atomic E-state index is 11.1. The Kier molecular flexibility index (Phi) is 3.32. The zero-order chi connectivity index (χ0) is 12.3. The molecule has 0 spiro atoms. The third-order valence-corrected chi connectivity index (χ3v) is 2.84. The van der Waals surface area contributed by atoms with Crippen molar-refractivity contribution < 1.29 is 4.92 Å². The van der Waals surface area contributed by atoms with Gasteiger partial charge in [-0.05, 0) is 31.3 Å². The van der Waals surface area contributed by atoms with Crippen molar-refractivity contribution in [3.63, 3.8) is 0 Å². The van der Waals surface area contributed by atoms with Crippen molar-refractivity contribution in [2.75, 3.05) is 12.4 Å². The Bertz CT molecular complexity index is 471. The highest BCUT2D eigenvalue weighted by Gasteiger charge is 2.24. The van der Waals surface area contributed by atoms with Crippen molar-refractivity contribution in [1.82, 2.24) is 9.97 Å². The van der Waals surface area contributed by atoms with Crippen molar-refractivity contribution in [3.05, 3.63) is 28.2 Å². The van der Waals surface area contributed by atoms with E-state index in [1.165, 1.54) is 6.33 Å². The van der Waals surface area contributed by atoms with Crippen LogP contribution in [0.5, 0.6) is 0 Å². The molecule has 0 saturated heterocycles. The van der Waals surface area contributed by atoms with Gasteiger partial charge in [0, 0.05) is 7.05 Å². The molecule has 6 nitrogen and oxygen atoms in total. The molecule has 0 amide bonds. The van der Waals surface area contributed by atoms with E-state index in [2.05, 4.69) is 15.3 Å². The Morgan fingerprint density at radius 1 is 1.41 bits per heavy atom. The van der Waals surface area contributed by atoms with E-state index < -0.39 is 4.92 Å². The highest BCUT2D eigenvalue weighted by Crippen LogP contribution is 2.34. The van der Waals surface area contributed by atoms with Crippen LogP contribution in [0.2, 0.25) is 0 Å². The summed E-state index contributed by atoms with van der Waals surface area (Å²) in [6.45, 7) is 0. The second-order valence-corrected chi connectivity index (χ2v) is 3.90. The van der Waals surface area contributed by atoms with Crippen LogP contribution >= 0.6 is 0 Å². The van der Waals surface area contributed by atoms with Crippen LogP contribution in [-0.4, -0.2) is 21.9 Å². The first kappa shape index (κ1) is 11.5. The summed E-state index contributed by atoms with van der Waals surface area (Å²) in [4.78, 5) is 18.6. The summed E-state index contributed by atoms with van der Waals surface area (Å²) in [5.41, 5.74) is 1.39. The minimum atomic E-state index is -0.420. The zero-order valence-electron chi connectivity index (χ0n) is 9.64. The lowest BCUT2D eigenvalue weighted by Crippen LogP contribution is -2.06. The molecule has 1 N–H and O–H groups in total. The molecule has 0 atom stereocenters. The van der Waals surface area contributed by atoms with E-state index in [-0.39, 0.29) is 11.5 Å². The van der Waals surface area contributed by atoms with Gasteiger partial charge in [-0.2, -0.15) is 0 Å². The molecule has 0 aromatic carbocycles. The molecule has 0 unspecified atom stereocenters. The molecule has 1 aromatic heterocycles. The van der Waals surface area contributed by atoms with Crippen LogP contribution in [0.1, 0.15) is 31.4 Å². The molecule has 0 radical (unpaired) electrons. The lowest BCUT2D eigenvalue weighted by molar-refractivity contribution is -0.384. The molecular formula is C11H14N4O2. The first-order valence-electron chi connectivity index (χ1n) is 5.60. The fourth-order valence-electron chi connectivity index (χ4n) is 2.02. The van der Waals surface area contributed by atoms with Gasteiger partial charge in [0.15, 0.2) is 0 Å². The van der Waals surface area contributed by atoms with Crippen molar-refractivity contribution in [2.45, 2.75) is 25.7 Å². The van der Waals surface area contributed by atoms with Gasteiger partial charge in [0.25, 0.3) is 0 Å². The highest BCUT2D eigenvalue weighted by atomic mass is 16.6. The Morgan fingerprint density at radius 2 is 2.24 bits per heavy atom. The molecule has 17 heavy (non-hydrogen) atoms. The molecule has 0 saturated carbocycles. The number of hydrogen-bond donors (Lipinski definition) is 1. The SMILES string of the molecule is CNc1ncnc(C2=CCCCC2)c1[N+](=O)[O-]. The molecular weight excluding hydrogens is 220 g/mol. The first-order valence-corrected chi connectivity index (χ1v) is 5.60. The van der Waals surface area contributed by atoms with Crippen LogP contribution in [0.25, 0.3) is 5.57 Å². The van der Waals surface area contributed by atoms with Crippen LogP contribution in [0.4, 0.5) is 11.5 Å². The molecule has 1 heterocycles. The standard InChI is InChI=1S/C11H14N4O2/c1-12-11-10(15(16)17)9(13-7-14-11)8-5-3-2-4-6-8/h5,7H,2-4,6H2,1H3,(H,12,13,14). The van der Waals surface area contributed by atoms with Gasteiger partial charge in [-0.3, -0.25) is 10.1 Å². The number of nitro groups is 1. The highest BCUT2D eigenvalue weighted by molar-refractivity contribution is 5.75. The topological polar surface area (TPSA) is 81.0 Å². The third kappa shape index (κ3) is 2.25. The van der Waals surface area contributed by atoms with Crippen molar-refractivity contribution in [3.8, 4) is 0 Å². The van der Waals surface area contributed by atoms with Crippen molar-refractivity contribution >= 4 is 17.1 Å². The van der Waals surface area contributed by atoms with Crippen LogP contribution in [0, 0.1) is 10.1 Å². The third-order valence-electron chi connectivity index (χ3n) is 2.84. The molecule has 1 aromatic rings. The fourth-order valence-corrected chi connectivity index (χ4v) is 2.02. The van der Waals surface area contributed by atoms with Gasteiger partial charge in [-0.15, -0.1) is 0 Å². The molecule has 1 aliphatic carbocycles. The maximum absolute atomic E-state index is 11.1. The predicted molar refractivity (Wildman–Crippen MR) is 64.7 cm³/mol. The van der Waals surface area contributed by atoms with Gasteiger partial charge in [0.2, 0.25) is 5.82 Å². The largest absolute Gasteiger partial charge is 0.367 e. The smallest absolute Gasteiger partial charge is 0.337 e. The minimum Gasteiger partial charge on any atom is -0.367 e. The molecule has 90 valence electrons. The molecule has 0 bridgehead atoms.